The van der Waals surface area contributed by atoms with Gasteiger partial charge in [0.15, 0.2) is 0 Å². The molecule has 2 amide bonds. The Morgan fingerprint density at radius 1 is 1.35 bits per heavy atom. The summed E-state index contributed by atoms with van der Waals surface area (Å²) in [4.78, 5) is 24.6. The van der Waals surface area contributed by atoms with E-state index in [4.69, 9.17) is 5.11 Å². The highest BCUT2D eigenvalue weighted by Crippen LogP contribution is 2.17. The number of piperidine rings is 1. The number of rotatable bonds is 4. The lowest BCUT2D eigenvalue weighted by Crippen LogP contribution is -2.52. The van der Waals surface area contributed by atoms with Crippen molar-refractivity contribution in [3.63, 3.8) is 0 Å². The highest BCUT2D eigenvalue weighted by molar-refractivity contribution is 5.80. The Hall–Kier alpha value is -1.51. The summed E-state index contributed by atoms with van der Waals surface area (Å²) in [6.07, 6.45) is -3.36. The molecule has 0 bridgehead atoms. The molecular formula is C11H18F3N3O3. The first-order valence-corrected chi connectivity index (χ1v) is 6.20. The maximum atomic E-state index is 12.3. The molecule has 0 saturated carbocycles. The topological polar surface area (TPSA) is 72.9 Å². The summed E-state index contributed by atoms with van der Waals surface area (Å²) in [5.74, 6) is -1.48. The fourth-order valence-electron chi connectivity index (χ4n) is 2.00. The Bertz CT molecular complexity index is 355. The first kappa shape index (κ1) is 16.5. The number of hydrogen-bond donors (Lipinski definition) is 2. The zero-order valence-corrected chi connectivity index (χ0v) is 11.1. The zero-order valence-electron chi connectivity index (χ0n) is 11.1. The van der Waals surface area contributed by atoms with E-state index >= 15 is 0 Å². The molecule has 1 aliphatic rings. The molecule has 0 spiro atoms. The molecule has 0 radical (unpaired) electrons. The number of carboxylic acids is 1. The van der Waals surface area contributed by atoms with E-state index in [-0.39, 0.29) is 10.9 Å². The van der Waals surface area contributed by atoms with Gasteiger partial charge in [0.2, 0.25) is 0 Å². The van der Waals surface area contributed by atoms with Gasteiger partial charge in [-0.3, -0.25) is 4.79 Å². The smallest absolute Gasteiger partial charge is 0.406 e. The molecule has 116 valence electrons. The fraction of sp³-hybridized carbons (Fsp3) is 0.818. The minimum Gasteiger partial charge on any atom is -0.480 e. The number of nitrogens with one attached hydrogen (secondary N) is 1. The number of hydrogen-bond acceptors (Lipinski definition) is 3. The molecule has 0 aromatic rings. The number of carboxylic acid groups (broad SMARTS) is 1. The van der Waals surface area contributed by atoms with Crippen molar-refractivity contribution in [2.75, 3.05) is 33.2 Å². The number of amides is 2. The summed E-state index contributed by atoms with van der Waals surface area (Å²) < 4.78 is 37.0. The van der Waals surface area contributed by atoms with E-state index in [9.17, 15) is 22.8 Å². The van der Waals surface area contributed by atoms with Crippen LogP contribution in [0.2, 0.25) is 0 Å². The fourth-order valence-corrected chi connectivity index (χ4v) is 2.00. The molecule has 1 fully saturated rings. The molecule has 0 aromatic heterocycles. The van der Waals surface area contributed by atoms with Gasteiger partial charge >= 0.3 is 18.2 Å². The van der Waals surface area contributed by atoms with Crippen molar-refractivity contribution in [3.05, 3.63) is 0 Å². The van der Waals surface area contributed by atoms with Crippen molar-refractivity contribution < 1.29 is 27.9 Å². The van der Waals surface area contributed by atoms with Crippen LogP contribution in [0.3, 0.4) is 0 Å². The largest absolute Gasteiger partial charge is 0.480 e. The molecule has 0 atom stereocenters. The van der Waals surface area contributed by atoms with Gasteiger partial charge < -0.3 is 20.2 Å². The van der Waals surface area contributed by atoms with Gasteiger partial charge in [0.1, 0.15) is 13.1 Å². The van der Waals surface area contributed by atoms with E-state index in [1.165, 1.54) is 0 Å². The van der Waals surface area contributed by atoms with Gasteiger partial charge in [-0.25, -0.2) is 4.79 Å². The highest BCUT2D eigenvalue weighted by Gasteiger charge is 2.34. The number of carbonyl (C=O) groups excluding carboxylic acids is 1. The maximum Gasteiger partial charge on any atom is 0.406 e. The first-order valence-electron chi connectivity index (χ1n) is 6.20. The summed E-state index contributed by atoms with van der Waals surface area (Å²) in [6.45, 7) is -1.07. The molecule has 1 aliphatic heterocycles. The Balaban J connectivity index is 2.56. The lowest BCUT2D eigenvalue weighted by atomic mass is 10.1. The Morgan fingerprint density at radius 3 is 2.35 bits per heavy atom. The molecular weight excluding hydrogens is 279 g/mol. The third kappa shape index (κ3) is 6.09. The van der Waals surface area contributed by atoms with Crippen LogP contribution in [0.5, 0.6) is 0 Å². The van der Waals surface area contributed by atoms with Gasteiger partial charge in [-0.05, 0) is 33.0 Å². The molecule has 0 unspecified atom stereocenters. The molecule has 1 heterocycles. The standard InChI is InChI=1S/C11H18F3N3O3/c1-16-4-2-8(3-5-16)15-10(20)17(6-9(18)19)7-11(12,13)14/h8H,2-7H2,1H3,(H,15,20)(H,18,19). The van der Waals surface area contributed by atoms with E-state index in [1.54, 1.807) is 0 Å². The van der Waals surface area contributed by atoms with Gasteiger partial charge in [0.05, 0.1) is 0 Å². The highest BCUT2D eigenvalue weighted by atomic mass is 19.4. The third-order valence-electron chi connectivity index (χ3n) is 3.03. The molecule has 0 aromatic carbocycles. The molecule has 20 heavy (non-hydrogen) atoms. The SMILES string of the molecule is CN1CCC(NC(=O)N(CC(=O)O)CC(F)(F)F)CC1. The van der Waals surface area contributed by atoms with Crippen molar-refractivity contribution in [2.45, 2.75) is 25.1 Å². The summed E-state index contributed by atoms with van der Waals surface area (Å²) in [7, 11) is 1.92. The molecule has 2 N–H and O–H groups in total. The summed E-state index contributed by atoms with van der Waals surface area (Å²) in [5.41, 5.74) is 0. The molecule has 0 aliphatic carbocycles. The molecule has 9 heteroatoms. The number of nitrogens with zero attached hydrogens (tertiary/aromatic N) is 2. The van der Waals surface area contributed by atoms with Gasteiger partial charge in [0.25, 0.3) is 0 Å². The Morgan fingerprint density at radius 2 is 1.90 bits per heavy atom. The van der Waals surface area contributed by atoms with Crippen molar-refractivity contribution in [1.82, 2.24) is 15.1 Å². The lowest BCUT2D eigenvalue weighted by molar-refractivity contribution is -0.149. The number of urea groups is 1. The van der Waals surface area contributed by atoms with Crippen LogP contribution < -0.4 is 5.32 Å². The van der Waals surface area contributed by atoms with Crippen LogP contribution in [0, 0.1) is 0 Å². The van der Waals surface area contributed by atoms with Crippen LogP contribution in [0.15, 0.2) is 0 Å². The van der Waals surface area contributed by atoms with Crippen LogP contribution in [-0.4, -0.2) is 72.4 Å². The second-order valence-corrected chi connectivity index (χ2v) is 4.89. The van der Waals surface area contributed by atoms with Crippen molar-refractivity contribution in [1.29, 1.82) is 0 Å². The number of halogens is 3. The van der Waals surface area contributed by atoms with E-state index < -0.39 is 31.3 Å². The number of likely N-dealkylation sites (tertiary alicyclic amines) is 1. The van der Waals surface area contributed by atoms with Crippen molar-refractivity contribution in [3.8, 4) is 0 Å². The van der Waals surface area contributed by atoms with Gasteiger partial charge in [0, 0.05) is 6.04 Å². The maximum absolute atomic E-state index is 12.3. The van der Waals surface area contributed by atoms with E-state index in [2.05, 4.69) is 5.32 Å². The van der Waals surface area contributed by atoms with E-state index in [0.29, 0.717) is 12.8 Å². The Labute approximate surface area is 114 Å². The quantitative estimate of drug-likeness (QED) is 0.803. The second-order valence-electron chi connectivity index (χ2n) is 4.89. The van der Waals surface area contributed by atoms with E-state index in [0.717, 1.165) is 13.1 Å². The average Bonchev–Trinajstić information content (AvgIpc) is 2.29. The minimum absolute atomic E-state index is 0.219. The summed E-state index contributed by atoms with van der Waals surface area (Å²) in [6, 6.07) is -1.21. The summed E-state index contributed by atoms with van der Waals surface area (Å²) >= 11 is 0. The molecule has 1 saturated heterocycles. The number of alkyl halides is 3. The second kappa shape index (κ2) is 6.78. The van der Waals surface area contributed by atoms with Gasteiger partial charge in [-0.2, -0.15) is 13.2 Å². The normalized spacial score (nSPS) is 17.8. The zero-order chi connectivity index (χ0) is 15.3. The van der Waals surface area contributed by atoms with Crippen LogP contribution >= 0.6 is 0 Å². The summed E-state index contributed by atoms with van der Waals surface area (Å²) in [5, 5.41) is 11.0. The lowest BCUT2D eigenvalue weighted by Gasteiger charge is -2.31. The first-order chi connectivity index (χ1) is 9.17. The molecule has 6 nitrogen and oxygen atoms in total. The van der Waals surface area contributed by atoms with Crippen LogP contribution in [0.25, 0.3) is 0 Å². The predicted molar refractivity (Wildman–Crippen MR) is 64.3 cm³/mol. The molecule has 1 rings (SSSR count). The van der Waals surface area contributed by atoms with Crippen molar-refractivity contribution in [2.24, 2.45) is 0 Å². The number of aliphatic carboxylic acids is 1. The van der Waals surface area contributed by atoms with Crippen LogP contribution in [0.4, 0.5) is 18.0 Å². The van der Waals surface area contributed by atoms with Gasteiger partial charge in [-0.15, -0.1) is 0 Å². The average molecular weight is 297 g/mol. The predicted octanol–water partition coefficient (Wildman–Crippen LogP) is 0.739. The van der Waals surface area contributed by atoms with Crippen LogP contribution in [-0.2, 0) is 4.79 Å². The monoisotopic (exact) mass is 297 g/mol. The van der Waals surface area contributed by atoms with Gasteiger partial charge in [-0.1, -0.05) is 0 Å². The van der Waals surface area contributed by atoms with E-state index in [1.807, 2.05) is 11.9 Å². The number of carbonyl (C=O) groups is 2. The van der Waals surface area contributed by atoms with Crippen molar-refractivity contribution >= 4 is 12.0 Å². The Kier molecular flexibility index (Phi) is 5.61. The third-order valence-corrected chi connectivity index (χ3v) is 3.03. The van der Waals surface area contributed by atoms with Crippen LogP contribution in [0.1, 0.15) is 12.8 Å². The minimum atomic E-state index is -4.63.